The maximum Gasteiger partial charge on any atom is 0.349 e. The topological polar surface area (TPSA) is 68.6 Å². The van der Waals surface area contributed by atoms with Gasteiger partial charge in [-0.05, 0) is 53.6 Å². The molecule has 150 valence electrons. The van der Waals surface area contributed by atoms with E-state index in [1.54, 1.807) is 86.0 Å². The quantitative estimate of drug-likeness (QED) is 0.222. The Morgan fingerprint density at radius 3 is 2.37 bits per heavy atom. The Hall–Kier alpha value is -3.75. The van der Waals surface area contributed by atoms with E-state index in [0.29, 0.717) is 27.8 Å². The Morgan fingerprint density at radius 1 is 1.00 bits per heavy atom. The number of benzene rings is 3. The van der Waals surface area contributed by atoms with E-state index >= 15 is 0 Å². The van der Waals surface area contributed by atoms with Crippen LogP contribution in [0.1, 0.15) is 11.1 Å². The summed E-state index contributed by atoms with van der Waals surface area (Å²) in [5.41, 5.74) is 2.07. The molecule has 0 fully saturated rings. The Labute approximate surface area is 179 Å². The standard InChI is InChI=1S/C24H18ClNO4/c1-28-22-3-2-4-23(14-22)29-16-24(27)30-21-11-5-17(6-12-21)13-19(15-26)18-7-9-20(25)10-8-18/h2-14H,16H2,1H3/b19-13-. The number of ether oxygens (including phenoxy) is 3. The van der Waals surface area contributed by atoms with E-state index in [9.17, 15) is 10.1 Å². The molecule has 0 unspecified atom stereocenters. The van der Waals surface area contributed by atoms with Crippen molar-refractivity contribution in [3.63, 3.8) is 0 Å². The average Bonchev–Trinajstić information content (AvgIpc) is 2.78. The minimum absolute atomic E-state index is 0.232. The van der Waals surface area contributed by atoms with Crippen molar-refractivity contribution in [3.8, 4) is 23.3 Å². The van der Waals surface area contributed by atoms with Crippen molar-refractivity contribution in [2.75, 3.05) is 13.7 Å². The van der Waals surface area contributed by atoms with Gasteiger partial charge in [0.05, 0.1) is 18.8 Å². The number of carbonyl (C=O) groups is 1. The average molecular weight is 420 g/mol. The van der Waals surface area contributed by atoms with Gasteiger partial charge in [-0.1, -0.05) is 41.9 Å². The first-order chi connectivity index (χ1) is 14.6. The van der Waals surface area contributed by atoms with E-state index < -0.39 is 5.97 Å². The molecule has 0 spiro atoms. The minimum atomic E-state index is -0.528. The van der Waals surface area contributed by atoms with Gasteiger partial charge in [-0.3, -0.25) is 0 Å². The fourth-order valence-electron chi connectivity index (χ4n) is 2.60. The lowest BCUT2D eigenvalue weighted by Gasteiger charge is -2.08. The Kier molecular flexibility index (Phi) is 7.09. The molecular weight excluding hydrogens is 402 g/mol. The maximum atomic E-state index is 12.0. The van der Waals surface area contributed by atoms with Gasteiger partial charge in [0, 0.05) is 11.1 Å². The first-order valence-corrected chi connectivity index (χ1v) is 9.40. The maximum absolute atomic E-state index is 12.0. The van der Waals surface area contributed by atoms with Gasteiger partial charge in [-0.2, -0.15) is 5.26 Å². The Balaban J connectivity index is 1.60. The van der Waals surface area contributed by atoms with Crippen LogP contribution in [0.2, 0.25) is 5.02 Å². The summed E-state index contributed by atoms with van der Waals surface area (Å²) >= 11 is 5.89. The summed E-state index contributed by atoms with van der Waals surface area (Å²) in [5, 5.41) is 10.0. The highest BCUT2D eigenvalue weighted by Crippen LogP contribution is 2.22. The molecule has 0 aliphatic rings. The molecule has 0 radical (unpaired) electrons. The van der Waals surface area contributed by atoms with E-state index in [-0.39, 0.29) is 6.61 Å². The molecule has 3 rings (SSSR count). The number of methoxy groups -OCH3 is 1. The molecule has 0 heterocycles. The smallest absolute Gasteiger partial charge is 0.349 e. The number of hydrogen-bond donors (Lipinski definition) is 0. The molecule has 30 heavy (non-hydrogen) atoms. The van der Waals surface area contributed by atoms with Crippen molar-refractivity contribution in [1.29, 1.82) is 5.26 Å². The lowest BCUT2D eigenvalue weighted by Crippen LogP contribution is -2.17. The zero-order valence-electron chi connectivity index (χ0n) is 16.2. The van der Waals surface area contributed by atoms with Gasteiger partial charge in [0.1, 0.15) is 17.2 Å². The highest BCUT2D eigenvalue weighted by Gasteiger charge is 2.07. The van der Waals surface area contributed by atoms with E-state index in [1.807, 2.05) is 0 Å². The summed E-state index contributed by atoms with van der Waals surface area (Å²) < 4.78 is 15.8. The largest absolute Gasteiger partial charge is 0.497 e. The number of esters is 1. The zero-order chi connectivity index (χ0) is 21.3. The van der Waals surface area contributed by atoms with E-state index in [4.69, 9.17) is 25.8 Å². The molecule has 0 aliphatic heterocycles. The molecule has 5 nitrogen and oxygen atoms in total. The predicted molar refractivity (Wildman–Crippen MR) is 116 cm³/mol. The Morgan fingerprint density at radius 2 is 1.70 bits per heavy atom. The van der Waals surface area contributed by atoms with Crippen molar-refractivity contribution in [3.05, 3.63) is 88.9 Å². The van der Waals surface area contributed by atoms with Crippen LogP contribution in [0.4, 0.5) is 0 Å². The van der Waals surface area contributed by atoms with Crippen molar-refractivity contribution >= 4 is 29.2 Å². The minimum Gasteiger partial charge on any atom is -0.497 e. The van der Waals surface area contributed by atoms with Crippen molar-refractivity contribution in [2.24, 2.45) is 0 Å². The van der Waals surface area contributed by atoms with Crippen LogP contribution in [0.15, 0.2) is 72.8 Å². The number of halogens is 1. The highest BCUT2D eigenvalue weighted by molar-refractivity contribution is 6.30. The second-order valence-corrected chi connectivity index (χ2v) is 6.62. The van der Waals surface area contributed by atoms with Crippen molar-refractivity contribution in [2.45, 2.75) is 0 Å². The summed E-state index contributed by atoms with van der Waals surface area (Å²) in [7, 11) is 1.56. The van der Waals surface area contributed by atoms with Crippen LogP contribution >= 0.6 is 11.6 Å². The number of nitriles is 1. The molecule has 0 amide bonds. The second-order valence-electron chi connectivity index (χ2n) is 6.19. The van der Waals surface area contributed by atoms with Gasteiger partial charge >= 0.3 is 5.97 Å². The molecule has 0 bridgehead atoms. The summed E-state index contributed by atoms with van der Waals surface area (Å²) in [4.78, 5) is 12.0. The highest BCUT2D eigenvalue weighted by atomic mass is 35.5. The van der Waals surface area contributed by atoms with E-state index in [2.05, 4.69) is 6.07 Å². The molecular formula is C24H18ClNO4. The molecule has 0 N–H and O–H groups in total. The van der Waals surface area contributed by atoms with Crippen LogP contribution in [-0.2, 0) is 4.79 Å². The fraction of sp³-hybridized carbons (Fsp3) is 0.0833. The zero-order valence-corrected chi connectivity index (χ0v) is 16.9. The molecule has 0 aromatic heterocycles. The Bertz CT molecular complexity index is 1080. The van der Waals surface area contributed by atoms with Gasteiger partial charge in [-0.15, -0.1) is 0 Å². The third-order valence-corrected chi connectivity index (χ3v) is 4.35. The lowest BCUT2D eigenvalue weighted by molar-refractivity contribution is -0.136. The number of allylic oxidation sites excluding steroid dienone is 1. The monoisotopic (exact) mass is 419 g/mol. The van der Waals surface area contributed by atoms with E-state index in [0.717, 1.165) is 11.1 Å². The molecule has 0 atom stereocenters. The molecule has 3 aromatic rings. The summed E-state index contributed by atoms with van der Waals surface area (Å²) in [6.45, 7) is -0.232. The summed E-state index contributed by atoms with van der Waals surface area (Å²) in [5.74, 6) is 1.01. The van der Waals surface area contributed by atoms with Gasteiger partial charge in [0.15, 0.2) is 6.61 Å². The van der Waals surface area contributed by atoms with Crippen LogP contribution in [0.3, 0.4) is 0 Å². The molecule has 0 saturated heterocycles. The number of rotatable bonds is 7. The van der Waals surface area contributed by atoms with Gasteiger partial charge in [0.25, 0.3) is 0 Å². The van der Waals surface area contributed by atoms with E-state index in [1.165, 1.54) is 0 Å². The first kappa shape index (κ1) is 21.0. The van der Waals surface area contributed by atoms with Crippen LogP contribution in [0.25, 0.3) is 11.6 Å². The fourth-order valence-corrected chi connectivity index (χ4v) is 2.73. The van der Waals surface area contributed by atoms with Crippen LogP contribution in [0, 0.1) is 11.3 Å². The van der Waals surface area contributed by atoms with Crippen LogP contribution < -0.4 is 14.2 Å². The predicted octanol–water partition coefficient (Wildman–Crippen LogP) is 5.40. The van der Waals surface area contributed by atoms with Gasteiger partial charge in [0.2, 0.25) is 0 Å². The van der Waals surface area contributed by atoms with Crippen molar-refractivity contribution in [1.82, 2.24) is 0 Å². The second kappa shape index (κ2) is 10.1. The normalized spacial score (nSPS) is 10.8. The third-order valence-electron chi connectivity index (χ3n) is 4.10. The third kappa shape index (κ3) is 5.87. The summed E-state index contributed by atoms with van der Waals surface area (Å²) in [6, 6.07) is 23.0. The first-order valence-electron chi connectivity index (χ1n) is 9.03. The summed E-state index contributed by atoms with van der Waals surface area (Å²) in [6.07, 6.45) is 1.75. The molecule has 3 aromatic carbocycles. The number of nitrogens with zero attached hydrogens (tertiary/aromatic N) is 1. The number of carbonyl (C=O) groups excluding carboxylic acids is 1. The lowest BCUT2D eigenvalue weighted by atomic mass is 10.0. The van der Waals surface area contributed by atoms with Crippen LogP contribution in [0.5, 0.6) is 17.2 Å². The van der Waals surface area contributed by atoms with Crippen molar-refractivity contribution < 1.29 is 19.0 Å². The molecule has 6 heteroatoms. The molecule has 0 saturated carbocycles. The number of hydrogen-bond acceptors (Lipinski definition) is 5. The molecule has 0 aliphatic carbocycles. The van der Waals surface area contributed by atoms with Gasteiger partial charge < -0.3 is 14.2 Å². The SMILES string of the molecule is COc1cccc(OCC(=O)Oc2ccc(/C=C(/C#N)c3ccc(Cl)cc3)cc2)c1. The van der Waals surface area contributed by atoms with Gasteiger partial charge in [-0.25, -0.2) is 4.79 Å². The van der Waals surface area contributed by atoms with Crippen LogP contribution in [-0.4, -0.2) is 19.7 Å².